The standard InChI is InChI=1S/C15H22N4O4/c1-16-13(20)9-22-11-7-15(23-8-11)4-6-19(10-15)14(21)12-3-5-18(2)17-12/h3,5,11H,4,6-10H2,1-2H3,(H,16,20)/t11-,15-/m0/s1. The van der Waals surface area contributed by atoms with Gasteiger partial charge in [-0.05, 0) is 12.5 Å². The number of nitrogens with one attached hydrogen (secondary N) is 1. The number of likely N-dealkylation sites (tertiary alicyclic amines) is 1. The Kier molecular flexibility index (Phi) is 4.36. The normalized spacial score (nSPS) is 26.9. The average molecular weight is 322 g/mol. The molecule has 2 aliphatic rings. The van der Waals surface area contributed by atoms with Crippen molar-refractivity contribution in [3.8, 4) is 0 Å². The number of carbonyl (C=O) groups excluding carboxylic acids is 2. The molecule has 2 amide bonds. The van der Waals surface area contributed by atoms with Crippen LogP contribution in [-0.4, -0.2) is 71.6 Å². The van der Waals surface area contributed by atoms with Gasteiger partial charge in [-0.3, -0.25) is 14.3 Å². The van der Waals surface area contributed by atoms with Crippen molar-refractivity contribution in [2.24, 2.45) is 7.05 Å². The van der Waals surface area contributed by atoms with E-state index in [4.69, 9.17) is 9.47 Å². The van der Waals surface area contributed by atoms with Crippen LogP contribution in [0.15, 0.2) is 12.3 Å². The predicted molar refractivity (Wildman–Crippen MR) is 80.8 cm³/mol. The Morgan fingerprint density at radius 3 is 3.09 bits per heavy atom. The van der Waals surface area contributed by atoms with Crippen LogP contribution in [0.25, 0.3) is 0 Å². The van der Waals surface area contributed by atoms with Crippen LogP contribution in [0.4, 0.5) is 0 Å². The summed E-state index contributed by atoms with van der Waals surface area (Å²) in [5.41, 5.74) is 0.104. The summed E-state index contributed by atoms with van der Waals surface area (Å²) in [7, 11) is 3.37. The van der Waals surface area contributed by atoms with Gasteiger partial charge < -0.3 is 19.7 Å². The maximum absolute atomic E-state index is 12.4. The Balaban J connectivity index is 1.55. The molecule has 2 atom stereocenters. The molecule has 1 N–H and O–H groups in total. The average Bonchev–Trinajstić information content (AvgIpc) is 3.26. The zero-order chi connectivity index (χ0) is 16.4. The summed E-state index contributed by atoms with van der Waals surface area (Å²) >= 11 is 0. The number of rotatable bonds is 4. The first-order valence-electron chi connectivity index (χ1n) is 7.76. The fourth-order valence-electron chi connectivity index (χ4n) is 3.17. The molecule has 126 valence electrons. The van der Waals surface area contributed by atoms with Gasteiger partial charge in [-0.1, -0.05) is 0 Å². The summed E-state index contributed by atoms with van der Waals surface area (Å²) in [4.78, 5) is 25.5. The highest BCUT2D eigenvalue weighted by Crippen LogP contribution is 2.36. The third-order valence-electron chi connectivity index (χ3n) is 4.44. The molecule has 3 heterocycles. The monoisotopic (exact) mass is 322 g/mol. The molecule has 0 radical (unpaired) electrons. The SMILES string of the molecule is CNC(=O)CO[C@@H]1CO[C@@]2(CCN(C(=O)c3ccn(C)n3)C2)C1. The van der Waals surface area contributed by atoms with Crippen molar-refractivity contribution >= 4 is 11.8 Å². The lowest BCUT2D eigenvalue weighted by molar-refractivity contribution is -0.127. The van der Waals surface area contributed by atoms with Gasteiger partial charge in [-0.2, -0.15) is 5.10 Å². The number of nitrogens with zero attached hydrogens (tertiary/aromatic N) is 3. The van der Waals surface area contributed by atoms with Crippen LogP contribution in [-0.2, 0) is 21.3 Å². The van der Waals surface area contributed by atoms with Crippen LogP contribution in [0.3, 0.4) is 0 Å². The van der Waals surface area contributed by atoms with Crippen molar-refractivity contribution in [1.29, 1.82) is 0 Å². The molecule has 1 aromatic heterocycles. The van der Waals surface area contributed by atoms with Crippen LogP contribution in [0, 0.1) is 0 Å². The fourth-order valence-corrected chi connectivity index (χ4v) is 3.17. The van der Waals surface area contributed by atoms with E-state index in [9.17, 15) is 9.59 Å². The molecule has 8 heteroatoms. The maximum atomic E-state index is 12.4. The summed E-state index contributed by atoms with van der Waals surface area (Å²) in [6.45, 7) is 1.69. The largest absolute Gasteiger partial charge is 0.370 e. The van der Waals surface area contributed by atoms with Crippen molar-refractivity contribution in [1.82, 2.24) is 20.0 Å². The Bertz CT molecular complexity index is 602. The zero-order valence-corrected chi connectivity index (χ0v) is 13.4. The minimum absolute atomic E-state index is 0.0389. The smallest absolute Gasteiger partial charge is 0.274 e. The topological polar surface area (TPSA) is 85.7 Å². The van der Waals surface area contributed by atoms with E-state index in [1.165, 1.54) is 0 Å². The molecule has 0 aliphatic carbocycles. The molecule has 1 aromatic rings. The highest BCUT2D eigenvalue weighted by atomic mass is 16.6. The molecule has 2 aliphatic heterocycles. The quantitative estimate of drug-likeness (QED) is 0.812. The molecular formula is C15H22N4O4. The third-order valence-corrected chi connectivity index (χ3v) is 4.44. The molecule has 0 aromatic carbocycles. The van der Waals surface area contributed by atoms with Crippen LogP contribution >= 0.6 is 0 Å². The fraction of sp³-hybridized carbons (Fsp3) is 0.667. The summed E-state index contributed by atoms with van der Waals surface area (Å²) in [5.74, 6) is -0.217. The van der Waals surface area contributed by atoms with Gasteiger partial charge in [0, 0.05) is 33.3 Å². The number of aromatic nitrogens is 2. The first-order valence-corrected chi connectivity index (χ1v) is 7.76. The minimum Gasteiger partial charge on any atom is -0.370 e. The van der Waals surface area contributed by atoms with Crippen molar-refractivity contribution in [3.05, 3.63) is 18.0 Å². The van der Waals surface area contributed by atoms with Crippen molar-refractivity contribution < 1.29 is 19.1 Å². The number of amides is 2. The molecule has 0 unspecified atom stereocenters. The Morgan fingerprint density at radius 1 is 1.57 bits per heavy atom. The lowest BCUT2D eigenvalue weighted by atomic mass is 9.98. The lowest BCUT2D eigenvalue weighted by Gasteiger charge is -2.23. The first kappa shape index (κ1) is 15.9. The number of aryl methyl sites for hydroxylation is 1. The van der Waals surface area contributed by atoms with Gasteiger partial charge >= 0.3 is 0 Å². The van der Waals surface area contributed by atoms with E-state index in [0.29, 0.717) is 31.8 Å². The van der Waals surface area contributed by atoms with Crippen LogP contribution in [0.1, 0.15) is 23.3 Å². The molecule has 8 nitrogen and oxygen atoms in total. The van der Waals surface area contributed by atoms with Gasteiger partial charge in [0.15, 0.2) is 0 Å². The Morgan fingerprint density at radius 2 is 2.39 bits per heavy atom. The molecule has 23 heavy (non-hydrogen) atoms. The number of ether oxygens (including phenoxy) is 2. The van der Waals surface area contributed by atoms with E-state index < -0.39 is 0 Å². The zero-order valence-electron chi connectivity index (χ0n) is 13.4. The van der Waals surface area contributed by atoms with Crippen molar-refractivity contribution in [3.63, 3.8) is 0 Å². The van der Waals surface area contributed by atoms with E-state index >= 15 is 0 Å². The van der Waals surface area contributed by atoms with Gasteiger partial charge in [-0.15, -0.1) is 0 Å². The van der Waals surface area contributed by atoms with Gasteiger partial charge in [0.2, 0.25) is 5.91 Å². The Hall–Kier alpha value is -1.93. The summed E-state index contributed by atoms with van der Waals surface area (Å²) in [6, 6.07) is 1.72. The molecule has 2 saturated heterocycles. The van der Waals surface area contributed by atoms with E-state index in [1.54, 1.807) is 35.9 Å². The summed E-state index contributed by atoms with van der Waals surface area (Å²) in [6.07, 6.45) is 3.15. The molecule has 0 bridgehead atoms. The Labute approximate surface area is 134 Å². The van der Waals surface area contributed by atoms with E-state index in [2.05, 4.69) is 10.4 Å². The lowest BCUT2D eigenvalue weighted by Crippen LogP contribution is -2.36. The van der Waals surface area contributed by atoms with Crippen LogP contribution in [0.5, 0.6) is 0 Å². The first-order chi connectivity index (χ1) is 11.0. The van der Waals surface area contributed by atoms with Crippen molar-refractivity contribution in [2.75, 3.05) is 33.4 Å². The highest BCUT2D eigenvalue weighted by Gasteiger charge is 2.47. The molecule has 0 saturated carbocycles. The molecular weight excluding hydrogens is 300 g/mol. The van der Waals surface area contributed by atoms with Crippen LogP contribution in [0.2, 0.25) is 0 Å². The van der Waals surface area contributed by atoms with Crippen LogP contribution < -0.4 is 5.32 Å². The van der Waals surface area contributed by atoms with Crippen molar-refractivity contribution in [2.45, 2.75) is 24.5 Å². The number of likely N-dealkylation sites (N-methyl/N-ethyl adjacent to an activating group) is 1. The van der Waals surface area contributed by atoms with E-state index in [-0.39, 0.29) is 30.1 Å². The number of hydrogen-bond acceptors (Lipinski definition) is 5. The van der Waals surface area contributed by atoms with Gasteiger partial charge in [0.05, 0.1) is 24.9 Å². The highest BCUT2D eigenvalue weighted by molar-refractivity contribution is 5.92. The molecule has 1 spiro atoms. The van der Waals surface area contributed by atoms with Gasteiger partial charge in [0.25, 0.3) is 5.91 Å². The summed E-state index contributed by atoms with van der Waals surface area (Å²) < 4.78 is 13.1. The second kappa shape index (κ2) is 6.29. The third kappa shape index (κ3) is 3.37. The number of carbonyl (C=O) groups is 2. The van der Waals surface area contributed by atoms with E-state index in [0.717, 1.165) is 6.42 Å². The maximum Gasteiger partial charge on any atom is 0.274 e. The van der Waals surface area contributed by atoms with E-state index in [1.807, 2.05) is 0 Å². The second-order valence-corrected chi connectivity index (χ2v) is 6.16. The summed E-state index contributed by atoms with van der Waals surface area (Å²) in [5, 5.41) is 6.68. The van der Waals surface area contributed by atoms with Gasteiger partial charge in [0.1, 0.15) is 12.3 Å². The van der Waals surface area contributed by atoms with Gasteiger partial charge in [-0.25, -0.2) is 0 Å². The second-order valence-electron chi connectivity index (χ2n) is 6.16. The number of hydrogen-bond donors (Lipinski definition) is 1. The minimum atomic E-state index is -0.349. The molecule has 3 rings (SSSR count). The predicted octanol–water partition coefficient (Wildman–Crippen LogP) is -0.444. The molecule has 2 fully saturated rings.